The predicted octanol–water partition coefficient (Wildman–Crippen LogP) is 2.71. The molecule has 0 heterocycles. The standard InChI is InChI=1S/C10H21N.H3N/c1-8-5-9(2,3)7-10(4,11)6-8;/h8H,5-7,11H2,1-4H3;1H3. The van der Waals surface area contributed by atoms with Gasteiger partial charge in [0.15, 0.2) is 0 Å². The van der Waals surface area contributed by atoms with Gasteiger partial charge in [0.05, 0.1) is 0 Å². The lowest BCUT2D eigenvalue weighted by Crippen LogP contribution is -2.46. The first-order valence-corrected chi connectivity index (χ1v) is 4.60. The maximum Gasteiger partial charge on any atom is 0.0133 e. The zero-order chi connectivity index (χ0) is 8.70. The van der Waals surface area contributed by atoms with Crippen molar-refractivity contribution in [3.63, 3.8) is 0 Å². The highest BCUT2D eigenvalue weighted by molar-refractivity contribution is 4.93. The van der Waals surface area contributed by atoms with Crippen molar-refractivity contribution >= 4 is 0 Å². The monoisotopic (exact) mass is 172 g/mol. The summed E-state index contributed by atoms with van der Waals surface area (Å²) in [6.07, 6.45) is 3.70. The van der Waals surface area contributed by atoms with Crippen molar-refractivity contribution in [1.82, 2.24) is 6.15 Å². The van der Waals surface area contributed by atoms with E-state index in [-0.39, 0.29) is 11.7 Å². The second-order valence-corrected chi connectivity index (χ2v) is 5.51. The predicted molar refractivity (Wildman–Crippen MR) is 54.4 cm³/mol. The van der Waals surface area contributed by atoms with Crippen LogP contribution in [0.1, 0.15) is 47.0 Å². The van der Waals surface area contributed by atoms with E-state index in [2.05, 4.69) is 27.7 Å². The smallest absolute Gasteiger partial charge is 0.0133 e. The molecule has 74 valence electrons. The van der Waals surface area contributed by atoms with Gasteiger partial charge in [-0.1, -0.05) is 20.8 Å². The van der Waals surface area contributed by atoms with E-state index < -0.39 is 0 Å². The number of rotatable bonds is 0. The molecule has 1 aliphatic rings. The minimum atomic E-state index is 0. The van der Waals surface area contributed by atoms with Crippen LogP contribution in [0.2, 0.25) is 0 Å². The molecule has 0 aliphatic heterocycles. The van der Waals surface area contributed by atoms with Gasteiger partial charge in [0.2, 0.25) is 0 Å². The van der Waals surface area contributed by atoms with Crippen molar-refractivity contribution in [2.45, 2.75) is 52.5 Å². The Labute approximate surface area is 76.5 Å². The van der Waals surface area contributed by atoms with E-state index in [4.69, 9.17) is 5.73 Å². The molecule has 0 amide bonds. The van der Waals surface area contributed by atoms with Crippen LogP contribution in [-0.4, -0.2) is 5.54 Å². The third-order valence-electron chi connectivity index (χ3n) is 2.60. The largest absolute Gasteiger partial charge is 0.344 e. The van der Waals surface area contributed by atoms with E-state index in [1.165, 1.54) is 19.3 Å². The summed E-state index contributed by atoms with van der Waals surface area (Å²) in [5, 5.41) is 0. The van der Waals surface area contributed by atoms with Crippen molar-refractivity contribution in [2.24, 2.45) is 17.1 Å². The maximum absolute atomic E-state index is 6.14. The summed E-state index contributed by atoms with van der Waals surface area (Å²) in [6, 6.07) is 0. The summed E-state index contributed by atoms with van der Waals surface area (Å²) in [6.45, 7) is 9.15. The van der Waals surface area contributed by atoms with Gasteiger partial charge in [0, 0.05) is 5.54 Å². The van der Waals surface area contributed by atoms with Crippen molar-refractivity contribution in [2.75, 3.05) is 0 Å². The van der Waals surface area contributed by atoms with E-state index in [1.807, 2.05) is 0 Å². The molecule has 1 fully saturated rings. The summed E-state index contributed by atoms with van der Waals surface area (Å²) < 4.78 is 0. The Morgan fingerprint density at radius 1 is 1.17 bits per heavy atom. The van der Waals surface area contributed by atoms with E-state index in [9.17, 15) is 0 Å². The fourth-order valence-electron chi connectivity index (χ4n) is 3.05. The molecule has 0 radical (unpaired) electrons. The van der Waals surface area contributed by atoms with Crippen LogP contribution in [0.3, 0.4) is 0 Å². The molecule has 2 unspecified atom stereocenters. The van der Waals surface area contributed by atoms with Gasteiger partial charge in [-0.05, 0) is 37.5 Å². The molecule has 2 heteroatoms. The lowest BCUT2D eigenvalue weighted by molar-refractivity contribution is 0.119. The zero-order valence-corrected chi connectivity index (χ0v) is 8.98. The zero-order valence-electron chi connectivity index (χ0n) is 8.98. The molecular formula is C10H24N2. The highest BCUT2D eigenvalue weighted by atomic mass is 14.7. The first-order chi connectivity index (χ1) is 4.81. The quantitative estimate of drug-likeness (QED) is 0.590. The second kappa shape index (κ2) is 3.35. The molecule has 0 saturated heterocycles. The van der Waals surface area contributed by atoms with Gasteiger partial charge < -0.3 is 11.9 Å². The Balaban J connectivity index is 0.00000121. The number of nitrogens with two attached hydrogens (primary N) is 1. The van der Waals surface area contributed by atoms with Crippen molar-refractivity contribution in [1.29, 1.82) is 0 Å². The molecule has 0 aromatic carbocycles. The van der Waals surface area contributed by atoms with Crippen LogP contribution in [0.4, 0.5) is 0 Å². The highest BCUT2D eigenvalue weighted by Gasteiger charge is 2.36. The molecule has 2 atom stereocenters. The molecule has 0 aromatic heterocycles. The Morgan fingerprint density at radius 3 is 2.00 bits per heavy atom. The van der Waals surface area contributed by atoms with Gasteiger partial charge in [-0.2, -0.15) is 0 Å². The minimum Gasteiger partial charge on any atom is -0.344 e. The summed E-state index contributed by atoms with van der Waals surface area (Å²) in [4.78, 5) is 0. The molecular weight excluding hydrogens is 148 g/mol. The molecule has 0 spiro atoms. The van der Waals surface area contributed by atoms with Gasteiger partial charge in [-0.15, -0.1) is 0 Å². The SMILES string of the molecule is CC1CC(C)(C)CC(C)(N)C1.N. The van der Waals surface area contributed by atoms with Crippen LogP contribution >= 0.6 is 0 Å². The fraction of sp³-hybridized carbons (Fsp3) is 1.00. The maximum atomic E-state index is 6.14. The van der Waals surface area contributed by atoms with Crippen LogP contribution in [-0.2, 0) is 0 Å². The van der Waals surface area contributed by atoms with Crippen molar-refractivity contribution in [3.05, 3.63) is 0 Å². The van der Waals surface area contributed by atoms with Crippen molar-refractivity contribution < 1.29 is 0 Å². The van der Waals surface area contributed by atoms with Crippen LogP contribution in [0.15, 0.2) is 0 Å². The van der Waals surface area contributed by atoms with Gasteiger partial charge in [-0.25, -0.2) is 0 Å². The lowest BCUT2D eigenvalue weighted by atomic mass is 9.65. The van der Waals surface area contributed by atoms with E-state index in [0.717, 1.165) is 5.92 Å². The normalized spacial score (nSPS) is 40.2. The van der Waals surface area contributed by atoms with Crippen LogP contribution in [0, 0.1) is 11.3 Å². The number of hydrogen-bond acceptors (Lipinski definition) is 2. The Hall–Kier alpha value is -0.0800. The first kappa shape index (κ1) is 11.9. The number of hydrogen-bond donors (Lipinski definition) is 2. The van der Waals surface area contributed by atoms with E-state index >= 15 is 0 Å². The Morgan fingerprint density at radius 2 is 1.67 bits per heavy atom. The molecule has 2 nitrogen and oxygen atoms in total. The van der Waals surface area contributed by atoms with Gasteiger partial charge in [0.1, 0.15) is 0 Å². The van der Waals surface area contributed by atoms with Gasteiger partial charge >= 0.3 is 0 Å². The van der Waals surface area contributed by atoms with Crippen LogP contribution in [0.25, 0.3) is 0 Å². The molecule has 1 saturated carbocycles. The molecule has 5 N–H and O–H groups in total. The molecule has 1 rings (SSSR count). The van der Waals surface area contributed by atoms with E-state index in [0.29, 0.717) is 5.41 Å². The van der Waals surface area contributed by atoms with Crippen molar-refractivity contribution in [3.8, 4) is 0 Å². The van der Waals surface area contributed by atoms with Crippen LogP contribution < -0.4 is 11.9 Å². The molecule has 1 aliphatic carbocycles. The Kier molecular flexibility index (Phi) is 3.32. The van der Waals surface area contributed by atoms with Gasteiger partial charge in [0.25, 0.3) is 0 Å². The second-order valence-electron chi connectivity index (χ2n) is 5.51. The third kappa shape index (κ3) is 3.11. The topological polar surface area (TPSA) is 61.0 Å². The van der Waals surface area contributed by atoms with Crippen LogP contribution in [0.5, 0.6) is 0 Å². The molecule has 12 heavy (non-hydrogen) atoms. The minimum absolute atomic E-state index is 0. The van der Waals surface area contributed by atoms with E-state index in [1.54, 1.807) is 0 Å². The average Bonchev–Trinajstić information content (AvgIpc) is 1.49. The lowest BCUT2D eigenvalue weighted by Gasteiger charge is -2.43. The summed E-state index contributed by atoms with van der Waals surface area (Å²) in [7, 11) is 0. The molecule has 0 bridgehead atoms. The Bertz CT molecular complexity index is 134. The van der Waals surface area contributed by atoms with Gasteiger partial charge in [-0.3, -0.25) is 0 Å². The average molecular weight is 172 g/mol. The fourth-order valence-corrected chi connectivity index (χ4v) is 3.05. The first-order valence-electron chi connectivity index (χ1n) is 4.60. The third-order valence-corrected chi connectivity index (χ3v) is 2.60. The summed E-state index contributed by atoms with van der Waals surface area (Å²) >= 11 is 0. The highest BCUT2D eigenvalue weighted by Crippen LogP contribution is 2.42. The summed E-state index contributed by atoms with van der Waals surface area (Å²) in [5.41, 5.74) is 6.69. The molecule has 0 aromatic rings. The summed E-state index contributed by atoms with van der Waals surface area (Å²) in [5.74, 6) is 0.800.